The number of hydrogen-bond acceptors (Lipinski definition) is 18. The topological polar surface area (TPSA) is 307 Å². The van der Waals surface area contributed by atoms with Crippen LogP contribution in [0.15, 0.2) is 24.3 Å². The third kappa shape index (κ3) is 36.2. The van der Waals surface area contributed by atoms with Gasteiger partial charge in [-0.25, -0.2) is 0 Å². The summed E-state index contributed by atoms with van der Waals surface area (Å²) < 4.78 is 34.4. The van der Waals surface area contributed by atoms with Crippen molar-refractivity contribution in [1.29, 1.82) is 0 Å². The number of aliphatic hydroxyl groups is 11. The first-order chi connectivity index (χ1) is 44.8. The molecule has 3 heterocycles. The first-order valence-corrected chi connectivity index (χ1v) is 37.6. The van der Waals surface area contributed by atoms with Gasteiger partial charge in [0, 0.05) is 6.42 Å². The van der Waals surface area contributed by atoms with Gasteiger partial charge in [-0.05, 0) is 44.9 Å². The van der Waals surface area contributed by atoms with Gasteiger partial charge >= 0.3 is 0 Å². The molecule has 92 heavy (non-hydrogen) atoms. The maximum absolute atomic E-state index is 13.4. The van der Waals surface area contributed by atoms with Gasteiger partial charge in [-0.15, -0.1) is 0 Å². The van der Waals surface area contributed by atoms with Gasteiger partial charge in [-0.3, -0.25) is 4.79 Å². The maximum Gasteiger partial charge on any atom is 0.220 e. The van der Waals surface area contributed by atoms with E-state index < -0.39 is 124 Å². The Morgan fingerprint density at radius 2 is 0.717 bits per heavy atom. The highest BCUT2D eigenvalue weighted by molar-refractivity contribution is 5.76. The number of aliphatic hydroxyl groups excluding tert-OH is 11. The Morgan fingerprint density at radius 1 is 0.391 bits per heavy atom. The van der Waals surface area contributed by atoms with E-state index in [1.807, 2.05) is 0 Å². The lowest BCUT2D eigenvalue weighted by molar-refractivity contribution is -0.379. The summed E-state index contributed by atoms with van der Waals surface area (Å²) >= 11 is 0. The van der Waals surface area contributed by atoms with Crippen LogP contribution in [0.1, 0.15) is 303 Å². The van der Waals surface area contributed by atoms with Gasteiger partial charge in [0.25, 0.3) is 0 Å². The van der Waals surface area contributed by atoms with E-state index in [0.717, 1.165) is 51.4 Å². The molecule has 542 valence electrons. The van der Waals surface area contributed by atoms with Crippen LogP contribution < -0.4 is 5.32 Å². The molecule has 12 N–H and O–H groups in total. The lowest BCUT2D eigenvalue weighted by Crippen LogP contribution is -2.66. The van der Waals surface area contributed by atoms with Crippen LogP contribution in [-0.4, -0.2) is 193 Å². The number of carbonyl (C=O) groups excluding carboxylic acids is 1. The quantitative estimate of drug-likeness (QED) is 0.0199. The number of unbranched alkanes of at least 4 members (excludes halogenated alkanes) is 39. The second kappa shape index (κ2) is 55.2. The van der Waals surface area contributed by atoms with Gasteiger partial charge in [-0.2, -0.15) is 0 Å². The molecule has 0 aliphatic carbocycles. The average molecular weight is 1320 g/mol. The Kier molecular flexibility index (Phi) is 50.7. The minimum absolute atomic E-state index is 0.238. The standard InChI is InChI=1S/C73H137NO18/c1-3-5-7-9-11-13-15-17-18-19-20-21-22-23-24-25-26-27-28-29-30-31-32-33-34-35-36-37-38-39-41-43-45-47-49-51-61(79)74-56(57(78)50-48-46-44-42-40-16-14-12-10-8-6-4-2)55-87-71-67(85)64(82)69(59(53-76)89-71)92-73-68(86)65(83)70(60(54-77)90-73)91-72-66(84)63(81)62(80)58(52-75)88-72/h15,17,19-20,56-60,62-73,75-78,80-86H,3-14,16,18,21-55H2,1-2H3,(H,74,79)/b17-15-,20-19-. The van der Waals surface area contributed by atoms with Crippen LogP contribution in [0, 0.1) is 0 Å². The van der Waals surface area contributed by atoms with E-state index >= 15 is 0 Å². The highest BCUT2D eigenvalue weighted by atomic mass is 16.8. The normalized spacial score (nSPS) is 27.8. The van der Waals surface area contributed by atoms with E-state index in [4.69, 9.17) is 28.4 Å². The van der Waals surface area contributed by atoms with Crippen LogP contribution in [0.2, 0.25) is 0 Å². The molecule has 0 bridgehead atoms. The third-order valence-electron chi connectivity index (χ3n) is 19.0. The summed E-state index contributed by atoms with van der Waals surface area (Å²) in [5, 5.41) is 121. The molecule has 1 amide bonds. The molecule has 17 unspecified atom stereocenters. The van der Waals surface area contributed by atoms with Crippen LogP contribution in [0.5, 0.6) is 0 Å². The second-order valence-corrected chi connectivity index (χ2v) is 27.1. The SMILES string of the molecule is CCCCCCC/C=C\C/C=C\CCCCCCCCCCCCCCCCCCCCCCCCCC(=O)NC(COC1OC(CO)C(OC2OC(CO)C(OC3OC(CO)C(O)C(O)C3O)C(O)C2O)C(O)C1O)C(O)CCCCCCCCCCCCCC. The molecule has 0 saturated carbocycles. The average Bonchev–Trinajstić information content (AvgIpc) is 0.830. The molecule has 3 fully saturated rings. The Labute approximate surface area is 556 Å². The Morgan fingerprint density at radius 3 is 1.11 bits per heavy atom. The summed E-state index contributed by atoms with van der Waals surface area (Å²) in [4.78, 5) is 13.4. The molecule has 19 heteroatoms. The van der Waals surface area contributed by atoms with E-state index in [9.17, 15) is 61.0 Å². The number of amides is 1. The zero-order valence-corrected chi connectivity index (χ0v) is 57.5. The Hall–Kier alpha value is -1.73. The molecule has 0 radical (unpaired) electrons. The number of rotatable bonds is 59. The predicted octanol–water partition coefficient (Wildman–Crippen LogP) is 11.0. The van der Waals surface area contributed by atoms with Crippen molar-refractivity contribution in [1.82, 2.24) is 5.32 Å². The number of ether oxygens (including phenoxy) is 6. The molecule has 3 aliphatic rings. The molecule has 3 saturated heterocycles. The first-order valence-electron chi connectivity index (χ1n) is 37.6. The van der Waals surface area contributed by atoms with Gasteiger partial charge in [0.2, 0.25) is 5.91 Å². The van der Waals surface area contributed by atoms with Gasteiger partial charge in [0.05, 0.1) is 38.6 Å². The van der Waals surface area contributed by atoms with Crippen molar-refractivity contribution in [2.75, 3.05) is 26.4 Å². The molecular formula is C73H137NO18. The molecule has 0 spiro atoms. The van der Waals surface area contributed by atoms with Crippen LogP contribution >= 0.6 is 0 Å². The van der Waals surface area contributed by atoms with Crippen LogP contribution in [0.25, 0.3) is 0 Å². The maximum atomic E-state index is 13.4. The van der Waals surface area contributed by atoms with Crippen molar-refractivity contribution < 1.29 is 89.4 Å². The molecule has 0 aromatic rings. The van der Waals surface area contributed by atoms with Crippen molar-refractivity contribution >= 4 is 5.91 Å². The lowest BCUT2D eigenvalue weighted by atomic mass is 9.96. The third-order valence-corrected chi connectivity index (χ3v) is 19.0. The van der Waals surface area contributed by atoms with Gasteiger partial charge in [-0.1, -0.05) is 276 Å². The summed E-state index contributed by atoms with van der Waals surface area (Å²) in [6.45, 7) is 1.80. The van der Waals surface area contributed by atoms with Gasteiger partial charge < -0.3 is 89.9 Å². The highest BCUT2D eigenvalue weighted by Gasteiger charge is 2.53. The summed E-state index contributed by atoms with van der Waals surface area (Å²) in [5.74, 6) is -0.238. The molecular weight excluding hydrogens is 1180 g/mol. The van der Waals surface area contributed by atoms with Crippen molar-refractivity contribution in [3.63, 3.8) is 0 Å². The minimum atomic E-state index is -1.97. The molecule has 0 aromatic carbocycles. The minimum Gasteiger partial charge on any atom is -0.394 e. The predicted molar refractivity (Wildman–Crippen MR) is 360 cm³/mol. The zero-order chi connectivity index (χ0) is 66.8. The van der Waals surface area contributed by atoms with E-state index in [-0.39, 0.29) is 18.9 Å². The van der Waals surface area contributed by atoms with E-state index in [2.05, 4.69) is 43.5 Å². The van der Waals surface area contributed by atoms with Gasteiger partial charge in [0.1, 0.15) is 73.2 Å². The fraction of sp³-hybridized carbons (Fsp3) is 0.932. The van der Waals surface area contributed by atoms with E-state index in [1.54, 1.807) is 0 Å². The second-order valence-electron chi connectivity index (χ2n) is 27.1. The number of allylic oxidation sites excluding steroid dienone is 4. The Balaban J connectivity index is 1.30. The highest BCUT2D eigenvalue weighted by Crippen LogP contribution is 2.33. The van der Waals surface area contributed by atoms with E-state index in [0.29, 0.717) is 12.8 Å². The fourth-order valence-electron chi connectivity index (χ4n) is 12.9. The van der Waals surface area contributed by atoms with Crippen molar-refractivity contribution in [2.45, 2.75) is 407 Å². The summed E-state index contributed by atoms with van der Waals surface area (Å²) in [7, 11) is 0. The Bertz CT molecular complexity index is 1760. The number of hydrogen-bond donors (Lipinski definition) is 12. The summed E-state index contributed by atoms with van der Waals surface area (Å²) in [6, 6.07) is -0.883. The van der Waals surface area contributed by atoms with Crippen molar-refractivity contribution in [3.8, 4) is 0 Å². The van der Waals surface area contributed by atoms with E-state index in [1.165, 1.54) is 218 Å². The molecule has 0 aromatic heterocycles. The molecule has 17 atom stereocenters. The smallest absolute Gasteiger partial charge is 0.220 e. The summed E-state index contributed by atoms with van der Waals surface area (Å²) in [6.07, 6.45) is 37.2. The molecule has 3 aliphatic heterocycles. The van der Waals surface area contributed by atoms with Crippen LogP contribution in [0.4, 0.5) is 0 Å². The zero-order valence-electron chi connectivity index (χ0n) is 57.5. The van der Waals surface area contributed by atoms with Crippen LogP contribution in [-0.2, 0) is 33.2 Å². The lowest BCUT2D eigenvalue weighted by Gasteiger charge is -2.48. The largest absolute Gasteiger partial charge is 0.394 e. The molecule has 3 rings (SSSR count). The molecule has 19 nitrogen and oxygen atoms in total. The monoisotopic (exact) mass is 1320 g/mol. The summed E-state index contributed by atoms with van der Waals surface area (Å²) in [5.41, 5.74) is 0. The fourth-order valence-corrected chi connectivity index (χ4v) is 12.9. The number of carbonyl (C=O) groups is 1. The van der Waals surface area contributed by atoms with Crippen molar-refractivity contribution in [3.05, 3.63) is 24.3 Å². The van der Waals surface area contributed by atoms with Crippen LogP contribution in [0.3, 0.4) is 0 Å². The van der Waals surface area contributed by atoms with Crippen molar-refractivity contribution in [2.24, 2.45) is 0 Å². The first kappa shape index (κ1) is 84.5. The number of nitrogens with one attached hydrogen (secondary N) is 1. The van der Waals surface area contributed by atoms with Gasteiger partial charge in [0.15, 0.2) is 18.9 Å².